The molecule has 0 aliphatic heterocycles. The molecule has 5 heteroatoms. The van der Waals surface area contributed by atoms with Crippen molar-refractivity contribution in [2.45, 2.75) is 6.92 Å². The number of hydrogen-bond donors (Lipinski definition) is 1. The highest BCUT2D eigenvalue weighted by molar-refractivity contribution is 5.96. The molecule has 2 N–H and O–H groups in total. The average Bonchev–Trinajstić information content (AvgIpc) is 2.70. The van der Waals surface area contributed by atoms with Gasteiger partial charge in [-0.25, -0.2) is 9.37 Å². The number of aromatic nitrogens is 1. The van der Waals surface area contributed by atoms with Crippen molar-refractivity contribution in [2.75, 3.05) is 6.54 Å². The molecule has 2 aromatic rings. The number of nitrogens with two attached hydrogens (primary N) is 1. The Morgan fingerprint density at radius 1 is 1.53 bits per heavy atom. The molecule has 0 unspecified atom stereocenters. The third-order valence-corrected chi connectivity index (χ3v) is 2.31. The number of Topliss-reactive ketones (excluding diaryl/α,β-unsaturated/α-hetero) is 1. The fourth-order valence-corrected chi connectivity index (χ4v) is 1.49. The first-order valence-electron chi connectivity index (χ1n) is 5.08. The lowest BCUT2D eigenvalue weighted by molar-refractivity contribution is 0.0975. The van der Waals surface area contributed by atoms with Crippen molar-refractivity contribution >= 4 is 5.78 Å². The second-order valence-corrected chi connectivity index (χ2v) is 3.57. The Kier molecular flexibility index (Phi) is 3.01. The maximum absolute atomic E-state index is 13.0. The Bertz CT molecular complexity index is 563. The van der Waals surface area contributed by atoms with Gasteiger partial charge in [0.25, 0.3) is 0 Å². The fourth-order valence-electron chi connectivity index (χ4n) is 1.49. The van der Waals surface area contributed by atoms with Crippen LogP contribution in [0.25, 0.3) is 11.5 Å². The topological polar surface area (TPSA) is 69.1 Å². The summed E-state index contributed by atoms with van der Waals surface area (Å²) < 4.78 is 18.3. The minimum Gasteiger partial charge on any atom is -0.433 e. The molecule has 0 aliphatic carbocycles. The molecular weight excluding hydrogens is 223 g/mol. The zero-order valence-corrected chi connectivity index (χ0v) is 9.24. The van der Waals surface area contributed by atoms with E-state index in [2.05, 4.69) is 4.98 Å². The average molecular weight is 234 g/mol. The number of halogens is 1. The number of carbonyl (C=O) groups is 1. The summed E-state index contributed by atoms with van der Waals surface area (Å²) in [6.45, 7) is 1.51. The van der Waals surface area contributed by atoms with Gasteiger partial charge in [0.2, 0.25) is 11.7 Å². The zero-order valence-electron chi connectivity index (χ0n) is 9.24. The molecule has 17 heavy (non-hydrogen) atoms. The van der Waals surface area contributed by atoms with Crippen LogP contribution in [0.4, 0.5) is 4.39 Å². The smallest absolute Gasteiger partial charge is 0.227 e. The summed E-state index contributed by atoms with van der Waals surface area (Å²) in [5.74, 6) is -0.353. The normalized spacial score (nSPS) is 10.5. The third kappa shape index (κ3) is 2.24. The lowest BCUT2D eigenvalue weighted by Crippen LogP contribution is -2.13. The van der Waals surface area contributed by atoms with E-state index in [1.165, 1.54) is 12.1 Å². The van der Waals surface area contributed by atoms with E-state index in [1.54, 1.807) is 19.1 Å². The van der Waals surface area contributed by atoms with Gasteiger partial charge in [-0.1, -0.05) is 6.07 Å². The van der Waals surface area contributed by atoms with Gasteiger partial charge >= 0.3 is 0 Å². The first-order valence-corrected chi connectivity index (χ1v) is 5.08. The van der Waals surface area contributed by atoms with E-state index in [1.807, 2.05) is 0 Å². The van der Waals surface area contributed by atoms with Gasteiger partial charge in [-0.2, -0.15) is 0 Å². The monoisotopic (exact) mass is 234 g/mol. The van der Waals surface area contributed by atoms with Gasteiger partial charge in [0, 0.05) is 5.56 Å². The van der Waals surface area contributed by atoms with Gasteiger partial charge < -0.3 is 10.2 Å². The number of hydrogen-bond acceptors (Lipinski definition) is 4. The van der Waals surface area contributed by atoms with E-state index in [0.717, 1.165) is 0 Å². The maximum Gasteiger partial charge on any atom is 0.227 e. The minimum absolute atomic E-state index is 0.131. The molecule has 0 saturated carbocycles. The largest absolute Gasteiger partial charge is 0.433 e. The van der Waals surface area contributed by atoms with Crippen molar-refractivity contribution in [3.05, 3.63) is 41.5 Å². The number of benzene rings is 1. The molecule has 0 spiro atoms. The molecule has 0 aliphatic rings. The predicted octanol–water partition coefficient (Wildman–Crippen LogP) is 1.93. The molecule has 0 amide bonds. The molecule has 0 bridgehead atoms. The SMILES string of the molecule is Cc1nc(-c2cccc(F)c2)oc1C(=O)CN. The quantitative estimate of drug-likeness (QED) is 0.824. The van der Waals surface area contributed by atoms with Crippen molar-refractivity contribution in [1.29, 1.82) is 0 Å². The van der Waals surface area contributed by atoms with Crippen molar-refractivity contribution in [3.8, 4) is 11.5 Å². The van der Waals surface area contributed by atoms with E-state index < -0.39 is 0 Å². The molecule has 0 radical (unpaired) electrons. The lowest BCUT2D eigenvalue weighted by atomic mass is 10.2. The Labute approximate surface area is 97.3 Å². The first-order chi connectivity index (χ1) is 8.11. The van der Waals surface area contributed by atoms with E-state index in [-0.39, 0.29) is 29.8 Å². The number of carbonyl (C=O) groups excluding carboxylic acids is 1. The summed E-state index contributed by atoms with van der Waals surface area (Å²) in [4.78, 5) is 15.5. The highest BCUT2D eigenvalue weighted by atomic mass is 19.1. The van der Waals surface area contributed by atoms with Gasteiger partial charge in [-0.3, -0.25) is 4.79 Å². The summed E-state index contributed by atoms with van der Waals surface area (Å²) in [6.07, 6.45) is 0. The van der Waals surface area contributed by atoms with Crippen LogP contribution in [0.5, 0.6) is 0 Å². The van der Waals surface area contributed by atoms with E-state index >= 15 is 0 Å². The molecule has 2 rings (SSSR count). The van der Waals surface area contributed by atoms with Crippen LogP contribution in [-0.4, -0.2) is 17.3 Å². The van der Waals surface area contributed by atoms with Crippen molar-refractivity contribution < 1.29 is 13.6 Å². The number of aryl methyl sites for hydroxylation is 1. The third-order valence-electron chi connectivity index (χ3n) is 2.31. The molecule has 1 aromatic heterocycles. The van der Waals surface area contributed by atoms with Crippen molar-refractivity contribution in [1.82, 2.24) is 4.98 Å². The van der Waals surface area contributed by atoms with Gasteiger partial charge in [0.05, 0.1) is 12.2 Å². The summed E-state index contributed by atoms with van der Waals surface area (Å²) in [5.41, 5.74) is 6.20. The highest BCUT2D eigenvalue weighted by Crippen LogP contribution is 2.22. The number of ketones is 1. The van der Waals surface area contributed by atoms with Crippen LogP contribution in [0, 0.1) is 12.7 Å². The summed E-state index contributed by atoms with van der Waals surface area (Å²) in [7, 11) is 0. The van der Waals surface area contributed by atoms with Gasteiger partial charge in [-0.05, 0) is 25.1 Å². The molecule has 0 atom stereocenters. The molecule has 0 saturated heterocycles. The van der Waals surface area contributed by atoms with Crippen LogP contribution in [-0.2, 0) is 0 Å². The van der Waals surface area contributed by atoms with E-state index in [9.17, 15) is 9.18 Å². The Morgan fingerprint density at radius 3 is 2.94 bits per heavy atom. The second kappa shape index (κ2) is 4.47. The Morgan fingerprint density at radius 2 is 2.29 bits per heavy atom. The number of nitrogens with zero attached hydrogens (tertiary/aromatic N) is 1. The molecule has 88 valence electrons. The van der Waals surface area contributed by atoms with Gasteiger partial charge in [0.1, 0.15) is 5.82 Å². The molecule has 4 nitrogen and oxygen atoms in total. The summed E-state index contributed by atoms with van der Waals surface area (Å²) in [5, 5.41) is 0. The number of rotatable bonds is 3. The maximum atomic E-state index is 13.0. The molecule has 0 fully saturated rings. The van der Waals surface area contributed by atoms with Crippen LogP contribution < -0.4 is 5.73 Å². The van der Waals surface area contributed by atoms with Gasteiger partial charge in [0.15, 0.2) is 5.76 Å². The molecular formula is C12H11FN2O2. The van der Waals surface area contributed by atoms with Crippen LogP contribution in [0.15, 0.2) is 28.7 Å². The van der Waals surface area contributed by atoms with Crippen LogP contribution in [0.3, 0.4) is 0 Å². The summed E-state index contributed by atoms with van der Waals surface area (Å²) >= 11 is 0. The van der Waals surface area contributed by atoms with E-state index in [4.69, 9.17) is 10.2 Å². The van der Waals surface area contributed by atoms with E-state index in [0.29, 0.717) is 11.3 Å². The highest BCUT2D eigenvalue weighted by Gasteiger charge is 2.16. The molecule has 1 heterocycles. The van der Waals surface area contributed by atoms with Crippen molar-refractivity contribution in [2.24, 2.45) is 5.73 Å². The minimum atomic E-state index is -0.384. The predicted molar refractivity (Wildman–Crippen MR) is 60.0 cm³/mol. The van der Waals surface area contributed by atoms with Crippen LogP contribution >= 0.6 is 0 Å². The standard InChI is InChI=1S/C12H11FN2O2/c1-7-11(10(16)6-14)17-12(15-7)8-3-2-4-9(13)5-8/h2-5H,6,14H2,1H3. The lowest BCUT2D eigenvalue weighted by Gasteiger charge is -1.95. The Hall–Kier alpha value is -2.01. The second-order valence-electron chi connectivity index (χ2n) is 3.57. The molecule has 1 aromatic carbocycles. The van der Waals surface area contributed by atoms with Gasteiger partial charge in [-0.15, -0.1) is 0 Å². The summed E-state index contributed by atoms with van der Waals surface area (Å²) in [6, 6.07) is 5.83. The zero-order chi connectivity index (χ0) is 12.4. The fraction of sp³-hybridized carbons (Fsp3) is 0.167. The van der Waals surface area contributed by atoms with Crippen LogP contribution in [0.2, 0.25) is 0 Å². The Balaban J connectivity index is 2.44. The first kappa shape index (κ1) is 11.5. The van der Waals surface area contributed by atoms with Crippen molar-refractivity contribution in [3.63, 3.8) is 0 Å². The number of oxazole rings is 1. The van der Waals surface area contributed by atoms with Crippen LogP contribution in [0.1, 0.15) is 16.2 Å².